The van der Waals surface area contributed by atoms with Gasteiger partial charge in [0.25, 0.3) is 10.0 Å². The van der Waals surface area contributed by atoms with E-state index in [-0.39, 0.29) is 23.4 Å². The van der Waals surface area contributed by atoms with Gasteiger partial charge in [0.05, 0.1) is 10.6 Å². The molecule has 1 atom stereocenters. The van der Waals surface area contributed by atoms with Gasteiger partial charge in [-0.1, -0.05) is 81.5 Å². The molecule has 10 heteroatoms. The van der Waals surface area contributed by atoms with Crippen LogP contribution < -0.4 is 9.62 Å². The number of anilines is 1. The highest BCUT2D eigenvalue weighted by atomic mass is 79.9. The number of hydrogen-bond donors (Lipinski definition) is 1. The summed E-state index contributed by atoms with van der Waals surface area (Å²) in [6, 6.07) is 21.6. The van der Waals surface area contributed by atoms with Gasteiger partial charge in [0.15, 0.2) is 0 Å². The van der Waals surface area contributed by atoms with Crippen molar-refractivity contribution in [3.05, 3.63) is 93.4 Å². The molecule has 40 heavy (non-hydrogen) atoms. The van der Waals surface area contributed by atoms with E-state index < -0.39 is 28.5 Å². The summed E-state index contributed by atoms with van der Waals surface area (Å²) in [5.41, 5.74) is 1.18. The maximum absolute atomic E-state index is 14.0. The summed E-state index contributed by atoms with van der Waals surface area (Å²) in [7, 11) is -4.08. The number of benzene rings is 3. The van der Waals surface area contributed by atoms with Crippen LogP contribution in [-0.4, -0.2) is 43.8 Å². The Kier molecular flexibility index (Phi) is 10.4. The number of amides is 2. The van der Waals surface area contributed by atoms with Crippen LogP contribution in [0.5, 0.6) is 0 Å². The van der Waals surface area contributed by atoms with Crippen LogP contribution in [0.25, 0.3) is 0 Å². The number of sulfonamides is 1. The van der Waals surface area contributed by atoms with Crippen LogP contribution in [0.1, 0.15) is 44.6 Å². The van der Waals surface area contributed by atoms with Gasteiger partial charge in [-0.25, -0.2) is 8.42 Å². The van der Waals surface area contributed by atoms with Crippen molar-refractivity contribution < 1.29 is 18.0 Å². The van der Waals surface area contributed by atoms with Gasteiger partial charge in [-0.15, -0.1) is 0 Å². The minimum absolute atomic E-state index is 0.0771. The lowest BCUT2D eigenvalue weighted by Crippen LogP contribution is -2.53. The number of halogens is 2. The summed E-state index contributed by atoms with van der Waals surface area (Å²) < 4.78 is 30.4. The molecular formula is C30H33Br2N3O4S. The number of carbonyl (C=O) groups is 2. The first kappa shape index (κ1) is 30.3. The molecule has 0 radical (unpaired) electrons. The van der Waals surface area contributed by atoms with E-state index in [9.17, 15) is 18.0 Å². The average molecular weight is 691 g/mol. The van der Waals surface area contributed by atoms with Crippen LogP contribution in [-0.2, 0) is 26.2 Å². The standard InChI is InChI=1S/C30H33Br2N3O4S/c1-22(30(37)33-26-8-4-2-5-9-26)34(20-23-12-14-24(31)15-13-23)29(36)21-35(27-18-16-25(32)17-19-27)40(38,39)28-10-6-3-7-11-28/h3,6-7,10-19,22,26H,2,4-5,8-9,20-21H2,1H3,(H,33,37)/t22-/m1/s1. The van der Waals surface area contributed by atoms with E-state index in [0.29, 0.717) is 5.69 Å². The third kappa shape index (κ3) is 7.73. The maximum Gasteiger partial charge on any atom is 0.264 e. The number of carbonyl (C=O) groups excluding carboxylic acids is 2. The molecule has 7 nitrogen and oxygen atoms in total. The Morgan fingerprint density at radius 1 is 0.875 bits per heavy atom. The van der Waals surface area contributed by atoms with Gasteiger partial charge in [0, 0.05) is 21.5 Å². The lowest BCUT2D eigenvalue weighted by Gasteiger charge is -2.33. The summed E-state index contributed by atoms with van der Waals surface area (Å²) in [6.45, 7) is 1.39. The molecule has 1 saturated carbocycles. The largest absolute Gasteiger partial charge is 0.352 e. The van der Waals surface area contributed by atoms with Crippen LogP contribution >= 0.6 is 31.9 Å². The second kappa shape index (κ2) is 13.8. The number of hydrogen-bond acceptors (Lipinski definition) is 4. The molecule has 1 fully saturated rings. The van der Waals surface area contributed by atoms with Gasteiger partial charge >= 0.3 is 0 Å². The van der Waals surface area contributed by atoms with Gasteiger partial charge in [-0.3, -0.25) is 13.9 Å². The Bertz CT molecular complexity index is 1400. The van der Waals surface area contributed by atoms with Crippen molar-refractivity contribution in [2.75, 3.05) is 10.8 Å². The first-order chi connectivity index (χ1) is 19.1. The summed E-state index contributed by atoms with van der Waals surface area (Å²) in [5, 5.41) is 3.12. The number of nitrogens with one attached hydrogen (secondary N) is 1. The van der Waals surface area contributed by atoms with Gasteiger partial charge < -0.3 is 10.2 Å². The highest BCUT2D eigenvalue weighted by molar-refractivity contribution is 9.10. The summed E-state index contributed by atoms with van der Waals surface area (Å²) in [6.07, 6.45) is 5.15. The lowest BCUT2D eigenvalue weighted by atomic mass is 9.95. The van der Waals surface area contributed by atoms with E-state index in [0.717, 1.165) is 50.9 Å². The minimum atomic E-state index is -4.08. The van der Waals surface area contributed by atoms with Crippen molar-refractivity contribution in [2.24, 2.45) is 0 Å². The van der Waals surface area contributed by atoms with Crippen molar-refractivity contribution in [1.82, 2.24) is 10.2 Å². The van der Waals surface area contributed by atoms with Gasteiger partial charge in [0.1, 0.15) is 12.6 Å². The minimum Gasteiger partial charge on any atom is -0.352 e. The zero-order chi connectivity index (χ0) is 28.7. The van der Waals surface area contributed by atoms with Crippen molar-refractivity contribution in [2.45, 2.75) is 62.6 Å². The van der Waals surface area contributed by atoms with Crippen LogP contribution in [0.2, 0.25) is 0 Å². The van der Waals surface area contributed by atoms with Gasteiger partial charge in [-0.2, -0.15) is 0 Å². The Labute approximate surface area is 253 Å². The fourth-order valence-corrected chi connectivity index (χ4v) is 6.76. The molecule has 1 aliphatic carbocycles. The van der Waals surface area contributed by atoms with E-state index in [1.807, 2.05) is 24.3 Å². The Morgan fingerprint density at radius 3 is 2.05 bits per heavy atom. The van der Waals surface area contributed by atoms with Gasteiger partial charge in [0.2, 0.25) is 11.8 Å². The number of nitrogens with zero attached hydrogens (tertiary/aromatic N) is 2. The van der Waals surface area contributed by atoms with Crippen LogP contribution in [0.3, 0.4) is 0 Å². The molecule has 0 heterocycles. The first-order valence-electron chi connectivity index (χ1n) is 13.3. The molecule has 0 unspecified atom stereocenters. The van der Waals surface area contributed by atoms with Crippen molar-refractivity contribution in [3.63, 3.8) is 0 Å². The van der Waals surface area contributed by atoms with Crippen molar-refractivity contribution in [1.29, 1.82) is 0 Å². The predicted octanol–water partition coefficient (Wildman–Crippen LogP) is 6.27. The third-order valence-corrected chi connectivity index (χ3v) is 9.96. The Hall–Kier alpha value is -2.69. The lowest BCUT2D eigenvalue weighted by molar-refractivity contribution is -0.139. The molecule has 0 aromatic heterocycles. The quantitative estimate of drug-likeness (QED) is 0.272. The zero-order valence-electron chi connectivity index (χ0n) is 22.3. The van der Waals surface area contributed by atoms with E-state index in [4.69, 9.17) is 0 Å². The van der Waals surface area contributed by atoms with Gasteiger partial charge in [-0.05, 0) is 73.9 Å². The Balaban J connectivity index is 1.65. The molecule has 1 aliphatic rings. The second-order valence-corrected chi connectivity index (χ2v) is 13.7. The summed E-state index contributed by atoms with van der Waals surface area (Å²) in [4.78, 5) is 28.9. The first-order valence-corrected chi connectivity index (χ1v) is 16.4. The zero-order valence-corrected chi connectivity index (χ0v) is 26.3. The smallest absolute Gasteiger partial charge is 0.264 e. The average Bonchev–Trinajstić information content (AvgIpc) is 2.96. The summed E-state index contributed by atoms with van der Waals surface area (Å²) in [5.74, 6) is -0.713. The highest BCUT2D eigenvalue weighted by Gasteiger charge is 2.33. The molecule has 0 saturated heterocycles. The van der Waals surface area contributed by atoms with E-state index in [1.54, 1.807) is 49.4 Å². The molecule has 0 bridgehead atoms. The predicted molar refractivity (Wildman–Crippen MR) is 164 cm³/mol. The highest BCUT2D eigenvalue weighted by Crippen LogP contribution is 2.26. The van der Waals surface area contributed by atoms with E-state index >= 15 is 0 Å². The molecule has 0 aliphatic heterocycles. The molecular weight excluding hydrogens is 658 g/mol. The van der Waals surface area contributed by atoms with E-state index in [2.05, 4.69) is 37.2 Å². The topological polar surface area (TPSA) is 86.8 Å². The van der Waals surface area contributed by atoms with Crippen LogP contribution in [0, 0.1) is 0 Å². The molecule has 3 aromatic carbocycles. The SMILES string of the molecule is C[C@H](C(=O)NC1CCCCC1)N(Cc1ccc(Br)cc1)C(=O)CN(c1ccc(Br)cc1)S(=O)(=O)c1ccccc1. The molecule has 1 N–H and O–H groups in total. The molecule has 0 spiro atoms. The molecule has 4 rings (SSSR count). The van der Waals surface area contributed by atoms with Crippen LogP contribution in [0.4, 0.5) is 5.69 Å². The Morgan fingerprint density at radius 2 is 1.45 bits per heavy atom. The van der Waals surface area contributed by atoms with Crippen molar-refractivity contribution >= 4 is 59.4 Å². The third-order valence-electron chi connectivity index (χ3n) is 7.11. The second-order valence-electron chi connectivity index (χ2n) is 9.97. The summed E-state index contributed by atoms with van der Waals surface area (Å²) >= 11 is 6.83. The maximum atomic E-state index is 14.0. The van der Waals surface area contributed by atoms with E-state index in [1.165, 1.54) is 17.0 Å². The molecule has 212 valence electrons. The fraction of sp³-hybridized carbons (Fsp3) is 0.333. The number of rotatable bonds is 10. The van der Waals surface area contributed by atoms with Crippen LogP contribution in [0.15, 0.2) is 92.7 Å². The fourth-order valence-electron chi connectivity index (χ4n) is 4.79. The normalized spacial score (nSPS) is 14.8. The molecule has 3 aromatic rings. The molecule has 2 amide bonds. The van der Waals surface area contributed by atoms with Crippen molar-refractivity contribution in [3.8, 4) is 0 Å². The monoisotopic (exact) mass is 689 g/mol.